The number of hydrogen-bond acceptors (Lipinski definition) is 6. The number of carbonyl (C=O) groups is 1. The highest BCUT2D eigenvalue weighted by Gasteiger charge is 2.33. The van der Waals surface area contributed by atoms with E-state index in [1.54, 1.807) is 14.2 Å². The fourth-order valence-corrected chi connectivity index (χ4v) is 3.87. The van der Waals surface area contributed by atoms with Gasteiger partial charge in [-0.15, -0.1) is 0 Å². The van der Waals surface area contributed by atoms with Gasteiger partial charge in [-0.3, -0.25) is 15.6 Å². The predicted octanol–water partition coefficient (Wildman–Crippen LogP) is 2.11. The van der Waals surface area contributed by atoms with Crippen molar-refractivity contribution in [3.8, 4) is 11.5 Å². The minimum Gasteiger partial charge on any atom is -0.497 e. The highest BCUT2D eigenvalue weighted by Crippen LogP contribution is 2.33. The number of ether oxygens (including phenoxy) is 2. The molecule has 7 nitrogen and oxygen atoms in total. The third kappa shape index (κ3) is 3.63. The van der Waals surface area contributed by atoms with Crippen molar-refractivity contribution in [2.24, 2.45) is 0 Å². The third-order valence-electron chi connectivity index (χ3n) is 5.41. The molecule has 1 unspecified atom stereocenters. The Morgan fingerprint density at radius 2 is 1.89 bits per heavy atom. The Morgan fingerprint density at radius 1 is 1.07 bits per heavy atom. The van der Waals surface area contributed by atoms with Crippen LogP contribution >= 0.6 is 0 Å². The molecule has 2 aliphatic heterocycles. The summed E-state index contributed by atoms with van der Waals surface area (Å²) in [6.07, 6.45) is 0.747. The first kappa shape index (κ1) is 18.6. The average Bonchev–Trinajstić information content (AvgIpc) is 3.38. The molecule has 7 heteroatoms. The summed E-state index contributed by atoms with van der Waals surface area (Å²) in [6.45, 7) is 2.41. The fraction of sp³-hybridized carbons (Fsp3) is 0.381. The van der Waals surface area contributed by atoms with E-state index in [0.717, 1.165) is 47.9 Å². The second-order valence-electron chi connectivity index (χ2n) is 7.09. The van der Waals surface area contributed by atoms with Crippen molar-refractivity contribution in [3.05, 3.63) is 48.0 Å². The number of methoxy groups -OCH3 is 2. The van der Waals surface area contributed by atoms with Crippen LogP contribution in [0.25, 0.3) is 0 Å². The quantitative estimate of drug-likeness (QED) is 0.711. The van der Waals surface area contributed by atoms with E-state index in [1.165, 1.54) is 0 Å². The molecule has 2 aliphatic rings. The van der Waals surface area contributed by atoms with Gasteiger partial charge in [0, 0.05) is 49.1 Å². The maximum absolute atomic E-state index is 13.0. The number of hydrazine groups is 1. The zero-order chi connectivity index (χ0) is 19.5. The molecule has 2 aromatic rings. The molecule has 0 bridgehead atoms. The first-order chi connectivity index (χ1) is 13.7. The lowest BCUT2D eigenvalue weighted by Gasteiger charge is -2.21. The highest BCUT2D eigenvalue weighted by molar-refractivity contribution is 6.01. The molecule has 2 fully saturated rings. The molecule has 4 rings (SSSR count). The summed E-state index contributed by atoms with van der Waals surface area (Å²) in [7, 11) is 3.31. The number of amides is 1. The van der Waals surface area contributed by atoms with Crippen LogP contribution in [0.4, 0.5) is 11.4 Å². The number of hydrogen-bond donors (Lipinski definition) is 3. The van der Waals surface area contributed by atoms with Crippen LogP contribution in [0, 0.1) is 0 Å². The zero-order valence-electron chi connectivity index (χ0n) is 16.2. The number of benzene rings is 2. The summed E-state index contributed by atoms with van der Waals surface area (Å²) in [5.41, 5.74) is 9.21. The number of nitrogens with one attached hydrogen (secondary N) is 3. The van der Waals surface area contributed by atoms with Crippen molar-refractivity contribution in [2.45, 2.75) is 18.4 Å². The Balaban J connectivity index is 1.49. The fourth-order valence-electron chi connectivity index (χ4n) is 3.87. The van der Waals surface area contributed by atoms with Crippen LogP contribution < -0.4 is 30.5 Å². The van der Waals surface area contributed by atoms with Crippen molar-refractivity contribution < 1.29 is 14.3 Å². The Bertz CT molecular complexity index is 851. The van der Waals surface area contributed by atoms with Crippen molar-refractivity contribution in [2.75, 3.05) is 44.1 Å². The first-order valence-electron chi connectivity index (χ1n) is 9.55. The van der Waals surface area contributed by atoms with E-state index in [2.05, 4.69) is 22.2 Å². The topological polar surface area (TPSA) is 74.9 Å². The lowest BCUT2D eigenvalue weighted by atomic mass is 9.98. The largest absolute Gasteiger partial charge is 0.497 e. The smallest absolute Gasteiger partial charge is 0.249 e. The van der Waals surface area contributed by atoms with Gasteiger partial charge in [-0.25, -0.2) is 0 Å². The second kappa shape index (κ2) is 8.08. The predicted molar refractivity (Wildman–Crippen MR) is 109 cm³/mol. The van der Waals surface area contributed by atoms with Gasteiger partial charge in [0.05, 0.1) is 14.2 Å². The number of nitrogens with zero attached hydrogens (tertiary/aromatic N) is 1. The van der Waals surface area contributed by atoms with Crippen LogP contribution in [0.3, 0.4) is 0 Å². The van der Waals surface area contributed by atoms with Crippen molar-refractivity contribution in [3.63, 3.8) is 0 Å². The minimum absolute atomic E-state index is 0.0711. The number of rotatable bonds is 6. The van der Waals surface area contributed by atoms with Gasteiger partial charge in [0.25, 0.3) is 0 Å². The van der Waals surface area contributed by atoms with Gasteiger partial charge in [0.2, 0.25) is 5.91 Å². The van der Waals surface area contributed by atoms with Crippen LogP contribution in [0.5, 0.6) is 11.5 Å². The molecule has 2 saturated heterocycles. The van der Waals surface area contributed by atoms with E-state index in [-0.39, 0.29) is 11.9 Å². The first-order valence-corrected chi connectivity index (χ1v) is 9.55. The molecule has 0 saturated carbocycles. The number of anilines is 2. The Labute approximate surface area is 165 Å². The van der Waals surface area contributed by atoms with Crippen molar-refractivity contribution >= 4 is 17.3 Å². The minimum atomic E-state index is -0.249. The molecule has 0 radical (unpaired) electrons. The number of carbonyl (C=O) groups excluding carboxylic acids is 1. The van der Waals surface area contributed by atoms with Crippen LogP contribution in [-0.2, 0) is 4.79 Å². The SMILES string of the molecule is COc1cccc(NC2CCN(c3ccc(C4CNNC4)c(OC)c3)C2=O)c1. The monoisotopic (exact) mass is 382 g/mol. The summed E-state index contributed by atoms with van der Waals surface area (Å²) in [5.74, 6) is 2.02. The highest BCUT2D eigenvalue weighted by atomic mass is 16.5. The second-order valence-corrected chi connectivity index (χ2v) is 7.09. The standard InChI is InChI=1S/C21H26N4O3/c1-27-17-5-3-4-15(10-17)24-19-8-9-25(21(19)26)16-6-7-18(20(11-16)28-2)14-12-22-23-13-14/h3-7,10-11,14,19,22-24H,8-9,12-13H2,1-2H3. The Hall–Kier alpha value is -2.77. The van der Waals surface area contributed by atoms with E-state index in [9.17, 15) is 4.79 Å². The van der Waals surface area contributed by atoms with Crippen LogP contribution in [-0.4, -0.2) is 45.8 Å². The van der Waals surface area contributed by atoms with Gasteiger partial charge in [0.15, 0.2) is 0 Å². The molecule has 1 atom stereocenters. The lowest BCUT2D eigenvalue weighted by Crippen LogP contribution is -2.33. The summed E-state index contributed by atoms with van der Waals surface area (Å²) < 4.78 is 10.9. The van der Waals surface area contributed by atoms with E-state index in [0.29, 0.717) is 12.5 Å². The van der Waals surface area contributed by atoms with E-state index in [4.69, 9.17) is 9.47 Å². The van der Waals surface area contributed by atoms with Gasteiger partial charge < -0.3 is 19.7 Å². The summed E-state index contributed by atoms with van der Waals surface area (Å²) in [4.78, 5) is 14.8. The maximum Gasteiger partial charge on any atom is 0.249 e. The summed E-state index contributed by atoms with van der Waals surface area (Å²) in [6, 6.07) is 13.5. The molecular formula is C21H26N4O3. The molecule has 3 N–H and O–H groups in total. The van der Waals surface area contributed by atoms with E-state index in [1.807, 2.05) is 41.3 Å². The van der Waals surface area contributed by atoms with Gasteiger partial charge in [-0.2, -0.15) is 0 Å². The molecule has 148 valence electrons. The van der Waals surface area contributed by atoms with Gasteiger partial charge in [-0.1, -0.05) is 12.1 Å². The average molecular weight is 382 g/mol. The molecule has 2 heterocycles. The van der Waals surface area contributed by atoms with Gasteiger partial charge in [-0.05, 0) is 30.2 Å². The summed E-state index contributed by atoms with van der Waals surface area (Å²) >= 11 is 0. The Morgan fingerprint density at radius 3 is 2.64 bits per heavy atom. The third-order valence-corrected chi connectivity index (χ3v) is 5.41. The molecular weight excluding hydrogens is 356 g/mol. The van der Waals surface area contributed by atoms with Gasteiger partial charge in [0.1, 0.15) is 17.5 Å². The van der Waals surface area contributed by atoms with Crippen LogP contribution in [0.2, 0.25) is 0 Å². The molecule has 2 aromatic carbocycles. The molecule has 28 heavy (non-hydrogen) atoms. The van der Waals surface area contributed by atoms with Crippen LogP contribution in [0.15, 0.2) is 42.5 Å². The van der Waals surface area contributed by atoms with Crippen molar-refractivity contribution in [1.82, 2.24) is 10.9 Å². The van der Waals surface area contributed by atoms with E-state index >= 15 is 0 Å². The molecule has 1 amide bonds. The van der Waals surface area contributed by atoms with E-state index < -0.39 is 0 Å². The van der Waals surface area contributed by atoms with Gasteiger partial charge >= 0.3 is 0 Å². The zero-order valence-corrected chi connectivity index (χ0v) is 16.2. The lowest BCUT2D eigenvalue weighted by molar-refractivity contribution is -0.117. The molecule has 0 aromatic heterocycles. The Kier molecular flexibility index (Phi) is 5.36. The maximum atomic E-state index is 13.0. The molecule has 0 spiro atoms. The van der Waals surface area contributed by atoms with Crippen LogP contribution in [0.1, 0.15) is 17.9 Å². The molecule has 0 aliphatic carbocycles. The van der Waals surface area contributed by atoms with Crippen molar-refractivity contribution in [1.29, 1.82) is 0 Å². The normalized spacial score (nSPS) is 19.9. The summed E-state index contributed by atoms with van der Waals surface area (Å²) in [5, 5.41) is 3.33.